The fourth-order valence-corrected chi connectivity index (χ4v) is 3.48. The first kappa shape index (κ1) is 23.9. The molecule has 1 heterocycles. The molecule has 1 aromatic heterocycles. The average Bonchev–Trinajstić information content (AvgIpc) is 3.14. The van der Waals surface area contributed by atoms with Crippen LogP contribution in [0.15, 0.2) is 63.9 Å². The number of furan rings is 1. The molecular formula is C20H20Cl2N2O5S. The van der Waals surface area contributed by atoms with E-state index in [1.54, 1.807) is 24.3 Å². The number of aromatic carboxylic acids is 1. The third-order valence-corrected chi connectivity index (χ3v) is 5.54. The Morgan fingerprint density at radius 2 is 1.80 bits per heavy atom. The highest BCUT2D eigenvalue weighted by molar-refractivity contribution is 7.89. The molecule has 0 bridgehead atoms. The molecule has 0 fully saturated rings. The molecule has 0 amide bonds. The number of carboxylic acids is 1. The van der Waals surface area contributed by atoms with Gasteiger partial charge in [0.15, 0.2) is 0 Å². The van der Waals surface area contributed by atoms with Gasteiger partial charge in [0.2, 0.25) is 10.0 Å². The van der Waals surface area contributed by atoms with Crippen molar-refractivity contribution in [1.82, 2.24) is 5.32 Å². The first-order valence-corrected chi connectivity index (χ1v) is 10.6. The lowest BCUT2D eigenvalue weighted by molar-refractivity contribution is 0.0697. The van der Waals surface area contributed by atoms with Gasteiger partial charge in [-0.2, -0.15) is 0 Å². The number of hydrogen-bond acceptors (Lipinski definition) is 5. The van der Waals surface area contributed by atoms with E-state index < -0.39 is 16.0 Å². The Bertz CT molecular complexity index is 1130. The molecule has 10 heteroatoms. The van der Waals surface area contributed by atoms with Crippen molar-refractivity contribution in [3.8, 4) is 11.3 Å². The van der Waals surface area contributed by atoms with Gasteiger partial charge in [0.05, 0.1) is 22.0 Å². The Kier molecular flexibility index (Phi) is 8.05. The van der Waals surface area contributed by atoms with Gasteiger partial charge in [0.1, 0.15) is 11.5 Å². The number of rotatable bonds is 8. The molecule has 0 radical (unpaired) electrons. The number of sulfonamides is 1. The zero-order chi connectivity index (χ0) is 21.0. The molecule has 3 aromatic rings. The van der Waals surface area contributed by atoms with E-state index in [9.17, 15) is 13.2 Å². The minimum atomic E-state index is -3.68. The summed E-state index contributed by atoms with van der Waals surface area (Å²) in [6.45, 7) is 1.13. The standard InChI is InChI=1S/C20H19ClN2O5S.ClH/c21-18-7-3-14(20(24)25)11-17(18)19-8-4-15(28-19)12-23-10-9-13-1-5-16(6-2-13)29(22,26)27;/h1-8,11,23H,9-10,12H2,(H,24,25)(H2,22,26,27);1H. The highest BCUT2D eigenvalue weighted by Crippen LogP contribution is 2.30. The van der Waals surface area contributed by atoms with Gasteiger partial charge in [-0.25, -0.2) is 18.4 Å². The Morgan fingerprint density at radius 1 is 1.10 bits per heavy atom. The molecule has 0 aliphatic rings. The van der Waals surface area contributed by atoms with Crippen LogP contribution in [0.25, 0.3) is 11.3 Å². The van der Waals surface area contributed by atoms with Gasteiger partial charge < -0.3 is 14.8 Å². The summed E-state index contributed by atoms with van der Waals surface area (Å²) >= 11 is 6.16. The highest BCUT2D eigenvalue weighted by Gasteiger charge is 2.12. The van der Waals surface area contributed by atoms with Crippen LogP contribution in [0.2, 0.25) is 5.02 Å². The van der Waals surface area contributed by atoms with Gasteiger partial charge in [-0.3, -0.25) is 0 Å². The van der Waals surface area contributed by atoms with E-state index in [2.05, 4.69) is 5.32 Å². The van der Waals surface area contributed by atoms with Crippen LogP contribution in [0, 0.1) is 0 Å². The predicted octanol–water partition coefficient (Wildman–Crippen LogP) is 3.70. The van der Waals surface area contributed by atoms with Gasteiger partial charge in [0, 0.05) is 5.56 Å². The lowest BCUT2D eigenvalue weighted by atomic mass is 10.1. The summed E-state index contributed by atoms with van der Waals surface area (Å²) < 4.78 is 28.3. The molecule has 0 saturated carbocycles. The monoisotopic (exact) mass is 470 g/mol. The molecule has 2 aromatic carbocycles. The van der Waals surface area contributed by atoms with Crippen molar-refractivity contribution >= 4 is 40.0 Å². The molecule has 3 rings (SSSR count). The van der Waals surface area contributed by atoms with Crippen molar-refractivity contribution in [3.05, 3.63) is 76.5 Å². The maximum Gasteiger partial charge on any atom is 0.335 e. The second kappa shape index (κ2) is 10.1. The lowest BCUT2D eigenvalue weighted by Gasteiger charge is -2.05. The number of carbonyl (C=O) groups is 1. The summed E-state index contributed by atoms with van der Waals surface area (Å²) in [6.07, 6.45) is 0.699. The lowest BCUT2D eigenvalue weighted by Crippen LogP contribution is -2.16. The van der Waals surface area contributed by atoms with Crippen LogP contribution < -0.4 is 10.5 Å². The molecule has 0 aliphatic carbocycles. The van der Waals surface area contributed by atoms with Gasteiger partial charge in [-0.05, 0) is 61.0 Å². The summed E-state index contributed by atoms with van der Waals surface area (Å²) in [5.41, 5.74) is 1.63. The molecule has 4 N–H and O–H groups in total. The van der Waals surface area contributed by atoms with E-state index in [0.717, 1.165) is 5.56 Å². The zero-order valence-electron chi connectivity index (χ0n) is 15.7. The second-order valence-corrected chi connectivity index (χ2v) is 8.35. The molecular weight excluding hydrogens is 451 g/mol. The molecule has 0 unspecified atom stereocenters. The van der Waals surface area contributed by atoms with E-state index >= 15 is 0 Å². The molecule has 0 spiro atoms. The minimum Gasteiger partial charge on any atom is -0.478 e. The second-order valence-electron chi connectivity index (χ2n) is 6.38. The van der Waals surface area contributed by atoms with E-state index in [0.29, 0.717) is 41.6 Å². The van der Waals surface area contributed by atoms with Crippen molar-refractivity contribution in [1.29, 1.82) is 0 Å². The molecule has 0 aliphatic heterocycles. The smallest absolute Gasteiger partial charge is 0.335 e. The molecule has 0 saturated heterocycles. The van der Waals surface area contributed by atoms with Crippen molar-refractivity contribution in [2.45, 2.75) is 17.9 Å². The van der Waals surface area contributed by atoms with Gasteiger partial charge in [0.25, 0.3) is 0 Å². The van der Waals surface area contributed by atoms with Gasteiger partial charge >= 0.3 is 5.97 Å². The summed E-state index contributed by atoms with van der Waals surface area (Å²) in [5, 5.41) is 17.9. The van der Waals surface area contributed by atoms with Gasteiger partial charge in [-0.15, -0.1) is 12.4 Å². The quantitative estimate of drug-likeness (QED) is 0.431. The van der Waals surface area contributed by atoms with E-state index in [1.807, 2.05) is 0 Å². The normalized spacial score (nSPS) is 11.1. The molecule has 30 heavy (non-hydrogen) atoms. The Balaban J connectivity index is 0.00000320. The topological polar surface area (TPSA) is 123 Å². The number of carboxylic acid groups (broad SMARTS) is 1. The van der Waals surface area contributed by atoms with Crippen LogP contribution in [0.1, 0.15) is 21.7 Å². The first-order chi connectivity index (χ1) is 13.7. The van der Waals surface area contributed by atoms with Crippen molar-refractivity contribution in [2.24, 2.45) is 5.14 Å². The SMILES string of the molecule is Cl.NS(=O)(=O)c1ccc(CCNCc2ccc(-c3cc(C(=O)O)ccc3Cl)o2)cc1. The minimum absolute atomic E-state index is 0. The number of nitrogens with one attached hydrogen (secondary N) is 1. The van der Waals surface area contributed by atoms with Crippen LogP contribution in [0.3, 0.4) is 0 Å². The van der Waals surface area contributed by atoms with Crippen LogP contribution >= 0.6 is 24.0 Å². The Labute approximate surface area is 185 Å². The third kappa shape index (κ3) is 6.07. The van der Waals surface area contributed by atoms with Crippen molar-refractivity contribution in [3.63, 3.8) is 0 Å². The zero-order valence-corrected chi connectivity index (χ0v) is 18.1. The summed E-state index contributed by atoms with van der Waals surface area (Å²) in [5.74, 6) is 0.142. The number of benzene rings is 2. The number of hydrogen-bond donors (Lipinski definition) is 3. The van der Waals surface area contributed by atoms with Crippen LogP contribution in [0.5, 0.6) is 0 Å². The molecule has 7 nitrogen and oxygen atoms in total. The number of halogens is 2. The Morgan fingerprint density at radius 3 is 2.43 bits per heavy atom. The van der Waals surface area contributed by atoms with E-state index in [-0.39, 0.29) is 22.9 Å². The predicted molar refractivity (Wildman–Crippen MR) is 117 cm³/mol. The maximum absolute atomic E-state index is 11.3. The highest BCUT2D eigenvalue weighted by atomic mass is 35.5. The molecule has 0 atom stereocenters. The van der Waals surface area contributed by atoms with Crippen LogP contribution in [0.4, 0.5) is 0 Å². The van der Waals surface area contributed by atoms with Crippen molar-refractivity contribution in [2.75, 3.05) is 6.54 Å². The van der Waals surface area contributed by atoms with Crippen molar-refractivity contribution < 1.29 is 22.7 Å². The largest absolute Gasteiger partial charge is 0.478 e. The van der Waals surface area contributed by atoms with Crippen LogP contribution in [-0.2, 0) is 23.0 Å². The average molecular weight is 471 g/mol. The molecule has 160 valence electrons. The summed E-state index contributed by atoms with van der Waals surface area (Å²) in [6, 6.07) is 14.4. The van der Waals surface area contributed by atoms with Gasteiger partial charge in [-0.1, -0.05) is 23.7 Å². The third-order valence-electron chi connectivity index (χ3n) is 4.28. The number of nitrogens with two attached hydrogens (primary N) is 1. The Hall–Kier alpha value is -2.36. The first-order valence-electron chi connectivity index (χ1n) is 8.68. The summed E-state index contributed by atoms with van der Waals surface area (Å²) in [4.78, 5) is 11.2. The fraction of sp³-hybridized carbons (Fsp3) is 0.150. The van der Waals surface area contributed by atoms with Crippen LogP contribution in [-0.4, -0.2) is 26.0 Å². The summed E-state index contributed by atoms with van der Waals surface area (Å²) in [7, 11) is -3.68. The maximum atomic E-state index is 11.3. The number of primary sulfonamides is 1. The van der Waals surface area contributed by atoms with E-state index in [4.69, 9.17) is 26.3 Å². The van der Waals surface area contributed by atoms with E-state index in [1.165, 1.54) is 30.3 Å². The fourth-order valence-electron chi connectivity index (χ4n) is 2.75.